The van der Waals surface area contributed by atoms with Gasteiger partial charge in [0.25, 0.3) is 0 Å². The largest absolute Gasteiger partial charge is 0.303 e. The number of nitriles is 1. The predicted molar refractivity (Wildman–Crippen MR) is 58.0 cm³/mol. The zero-order valence-corrected chi connectivity index (χ0v) is 9.72. The zero-order chi connectivity index (χ0) is 10.8. The van der Waals surface area contributed by atoms with Gasteiger partial charge in [-0.25, -0.2) is 0 Å². The second-order valence-corrected chi connectivity index (χ2v) is 5.41. The van der Waals surface area contributed by atoms with E-state index in [1.54, 1.807) is 0 Å². The Kier molecular flexibility index (Phi) is 3.18. The Balaban J connectivity index is 2.72. The first kappa shape index (κ1) is 11.5. The number of likely N-dealkylation sites (N-methyl/N-ethyl adjacent to an activating group) is 1. The highest BCUT2D eigenvalue weighted by molar-refractivity contribution is 5.12. The Hall–Kier alpha value is -0.590. The molecule has 0 aromatic carbocycles. The van der Waals surface area contributed by atoms with Crippen molar-refractivity contribution in [2.24, 2.45) is 0 Å². The molecule has 0 amide bonds. The predicted octanol–water partition coefficient (Wildman–Crippen LogP) is 1.36. The highest BCUT2D eigenvalue weighted by atomic mass is 15.2. The molecule has 14 heavy (non-hydrogen) atoms. The molecule has 80 valence electrons. The molecule has 0 radical (unpaired) electrons. The number of hydrogen-bond acceptors (Lipinski definition) is 3. The van der Waals surface area contributed by atoms with Gasteiger partial charge in [0.1, 0.15) is 5.54 Å². The SMILES string of the molecule is CN1CCCC(C#N)(NC(C)(C)C)C1. The fourth-order valence-electron chi connectivity index (χ4n) is 2.21. The van der Waals surface area contributed by atoms with Crippen LogP contribution in [0.25, 0.3) is 0 Å². The van der Waals surface area contributed by atoms with Crippen LogP contribution in [0.3, 0.4) is 0 Å². The first-order valence-corrected chi connectivity index (χ1v) is 5.26. The molecule has 0 bridgehead atoms. The smallest absolute Gasteiger partial charge is 0.119 e. The minimum absolute atomic E-state index is 0.00785. The summed E-state index contributed by atoms with van der Waals surface area (Å²) in [5, 5.41) is 12.7. The van der Waals surface area contributed by atoms with Gasteiger partial charge in [0.15, 0.2) is 0 Å². The first-order valence-electron chi connectivity index (χ1n) is 5.26. The number of nitrogens with one attached hydrogen (secondary N) is 1. The summed E-state index contributed by atoms with van der Waals surface area (Å²) in [6.45, 7) is 8.28. The van der Waals surface area contributed by atoms with Gasteiger partial charge in [0.05, 0.1) is 6.07 Å². The number of nitrogens with zero attached hydrogens (tertiary/aromatic N) is 2. The summed E-state index contributed by atoms with van der Waals surface area (Å²) < 4.78 is 0. The molecule has 1 fully saturated rings. The van der Waals surface area contributed by atoms with E-state index in [9.17, 15) is 5.26 Å². The van der Waals surface area contributed by atoms with Crippen LogP contribution in [0.5, 0.6) is 0 Å². The van der Waals surface area contributed by atoms with Crippen molar-refractivity contribution >= 4 is 0 Å². The van der Waals surface area contributed by atoms with Crippen LogP contribution in [0.1, 0.15) is 33.6 Å². The van der Waals surface area contributed by atoms with E-state index in [1.165, 1.54) is 0 Å². The maximum Gasteiger partial charge on any atom is 0.119 e. The zero-order valence-electron chi connectivity index (χ0n) is 9.72. The quantitative estimate of drug-likeness (QED) is 0.686. The molecule has 0 spiro atoms. The van der Waals surface area contributed by atoms with Crippen LogP contribution in [-0.2, 0) is 0 Å². The van der Waals surface area contributed by atoms with Gasteiger partial charge in [-0.1, -0.05) is 0 Å². The highest BCUT2D eigenvalue weighted by Crippen LogP contribution is 2.22. The number of piperidine rings is 1. The van der Waals surface area contributed by atoms with E-state index in [1.807, 2.05) is 0 Å². The molecule has 1 rings (SSSR count). The summed E-state index contributed by atoms with van der Waals surface area (Å²) in [6.07, 6.45) is 2.07. The maximum atomic E-state index is 9.28. The Morgan fingerprint density at radius 2 is 2.07 bits per heavy atom. The molecule has 1 atom stereocenters. The molecule has 1 aliphatic heterocycles. The third-order valence-electron chi connectivity index (χ3n) is 2.51. The third kappa shape index (κ3) is 2.97. The van der Waals surface area contributed by atoms with E-state index in [0.29, 0.717) is 0 Å². The molecule has 1 unspecified atom stereocenters. The van der Waals surface area contributed by atoms with E-state index in [-0.39, 0.29) is 11.1 Å². The van der Waals surface area contributed by atoms with Crippen molar-refractivity contribution in [2.75, 3.05) is 20.1 Å². The van der Waals surface area contributed by atoms with Crippen molar-refractivity contribution < 1.29 is 0 Å². The van der Waals surface area contributed by atoms with Gasteiger partial charge in [-0.3, -0.25) is 5.32 Å². The average Bonchev–Trinajstić information content (AvgIpc) is 2.01. The summed E-state index contributed by atoms with van der Waals surface area (Å²) in [7, 11) is 2.08. The molecule has 1 heterocycles. The van der Waals surface area contributed by atoms with Crippen LogP contribution in [-0.4, -0.2) is 36.1 Å². The summed E-state index contributed by atoms with van der Waals surface area (Å²) in [5.41, 5.74) is -0.334. The van der Waals surface area contributed by atoms with E-state index in [4.69, 9.17) is 0 Å². The Morgan fingerprint density at radius 1 is 1.43 bits per heavy atom. The minimum atomic E-state index is -0.342. The van der Waals surface area contributed by atoms with Crippen molar-refractivity contribution in [3.8, 4) is 6.07 Å². The van der Waals surface area contributed by atoms with E-state index < -0.39 is 0 Å². The van der Waals surface area contributed by atoms with E-state index in [0.717, 1.165) is 25.9 Å². The van der Waals surface area contributed by atoms with Crippen molar-refractivity contribution in [1.29, 1.82) is 5.26 Å². The second-order valence-electron chi connectivity index (χ2n) is 5.41. The lowest BCUT2D eigenvalue weighted by molar-refractivity contribution is 0.157. The molecule has 0 aliphatic carbocycles. The molecule has 0 saturated carbocycles. The number of hydrogen-bond donors (Lipinski definition) is 1. The number of rotatable bonds is 1. The van der Waals surface area contributed by atoms with Crippen molar-refractivity contribution in [3.63, 3.8) is 0 Å². The first-order chi connectivity index (χ1) is 6.37. The molecule has 1 aliphatic rings. The summed E-state index contributed by atoms with van der Waals surface area (Å²) >= 11 is 0. The van der Waals surface area contributed by atoms with Crippen LogP contribution in [0.15, 0.2) is 0 Å². The van der Waals surface area contributed by atoms with Gasteiger partial charge in [-0.2, -0.15) is 5.26 Å². The maximum absolute atomic E-state index is 9.28. The summed E-state index contributed by atoms with van der Waals surface area (Å²) in [4.78, 5) is 2.23. The van der Waals surface area contributed by atoms with Crippen LogP contribution < -0.4 is 5.32 Å². The summed E-state index contributed by atoms with van der Waals surface area (Å²) in [5.74, 6) is 0. The molecule has 3 heteroatoms. The molecule has 1 saturated heterocycles. The van der Waals surface area contributed by atoms with Crippen molar-refractivity contribution in [3.05, 3.63) is 0 Å². The summed E-state index contributed by atoms with van der Waals surface area (Å²) in [6, 6.07) is 2.45. The Bertz CT molecular complexity index is 236. The standard InChI is InChI=1S/C11H21N3/c1-10(2,3)13-11(8-12)6-5-7-14(4)9-11/h13H,5-7,9H2,1-4H3. The molecule has 1 N–H and O–H groups in total. The highest BCUT2D eigenvalue weighted by Gasteiger charge is 2.37. The second kappa shape index (κ2) is 3.88. The topological polar surface area (TPSA) is 39.1 Å². The molecular weight excluding hydrogens is 174 g/mol. The average molecular weight is 195 g/mol. The third-order valence-corrected chi connectivity index (χ3v) is 2.51. The van der Waals surface area contributed by atoms with Crippen molar-refractivity contribution in [2.45, 2.75) is 44.7 Å². The van der Waals surface area contributed by atoms with E-state index in [2.05, 4.69) is 44.1 Å². The normalized spacial score (nSPS) is 29.9. The molecule has 0 aromatic rings. The van der Waals surface area contributed by atoms with Gasteiger partial charge in [-0.15, -0.1) is 0 Å². The number of likely N-dealkylation sites (tertiary alicyclic amines) is 1. The van der Waals surface area contributed by atoms with Gasteiger partial charge in [-0.05, 0) is 47.2 Å². The molecule has 0 aromatic heterocycles. The van der Waals surface area contributed by atoms with Gasteiger partial charge in [0.2, 0.25) is 0 Å². The van der Waals surface area contributed by atoms with Crippen LogP contribution in [0, 0.1) is 11.3 Å². The Labute approximate surface area is 87.1 Å². The van der Waals surface area contributed by atoms with Crippen LogP contribution >= 0.6 is 0 Å². The lowest BCUT2D eigenvalue weighted by atomic mass is 9.88. The fraction of sp³-hybridized carbons (Fsp3) is 0.909. The Morgan fingerprint density at radius 3 is 2.50 bits per heavy atom. The van der Waals surface area contributed by atoms with Gasteiger partial charge >= 0.3 is 0 Å². The van der Waals surface area contributed by atoms with Crippen LogP contribution in [0.2, 0.25) is 0 Å². The monoisotopic (exact) mass is 195 g/mol. The van der Waals surface area contributed by atoms with Crippen molar-refractivity contribution in [1.82, 2.24) is 10.2 Å². The lowest BCUT2D eigenvalue weighted by Gasteiger charge is -2.41. The molecular formula is C11H21N3. The van der Waals surface area contributed by atoms with E-state index >= 15 is 0 Å². The molecule has 3 nitrogen and oxygen atoms in total. The minimum Gasteiger partial charge on any atom is -0.303 e. The van der Waals surface area contributed by atoms with Crippen LogP contribution in [0.4, 0.5) is 0 Å². The fourth-order valence-corrected chi connectivity index (χ4v) is 2.21. The van der Waals surface area contributed by atoms with Gasteiger partial charge < -0.3 is 4.90 Å². The lowest BCUT2D eigenvalue weighted by Crippen LogP contribution is -2.60. The van der Waals surface area contributed by atoms with Gasteiger partial charge in [0, 0.05) is 12.1 Å².